The Morgan fingerprint density at radius 2 is 1.79 bits per heavy atom. The van der Waals surface area contributed by atoms with Gasteiger partial charge in [-0.25, -0.2) is 4.79 Å². The third-order valence-electron chi connectivity index (χ3n) is 3.60. The molecular weight excluding hydrogens is 298 g/mol. The quantitative estimate of drug-likeness (QED) is 0.353. The Bertz CT molecular complexity index is 806. The van der Waals surface area contributed by atoms with Crippen LogP contribution in [0.4, 0.5) is 0 Å². The Labute approximate surface area is 143 Å². The average molecular weight is 319 g/mol. The van der Waals surface area contributed by atoms with E-state index in [1.807, 2.05) is 55.5 Å². The molecule has 0 spiro atoms. The molecule has 0 saturated heterocycles. The van der Waals surface area contributed by atoms with Crippen LogP contribution in [-0.2, 0) is 10.2 Å². The number of hydrogen-bond donors (Lipinski definition) is 0. The van der Waals surface area contributed by atoms with Crippen LogP contribution in [0.25, 0.3) is 6.08 Å². The molecule has 3 nitrogen and oxygen atoms in total. The monoisotopic (exact) mass is 319 g/mol. The predicted molar refractivity (Wildman–Crippen MR) is 95.5 cm³/mol. The molecule has 0 fully saturated rings. The number of rotatable bonds is 3. The van der Waals surface area contributed by atoms with Crippen molar-refractivity contribution in [2.45, 2.75) is 33.1 Å². The summed E-state index contributed by atoms with van der Waals surface area (Å²) in [6, 6.07) is 16.9. The molecule has 122 valence electrons. The zero-order valence-corrected chi connectivity index (χ0v) is 14.5. The van der Waals surface area contributed by atoms with Crippen LogP contribution >= 0.6 is 0 Å². The third-order valence-corrected chi connectivity index (χ3v) is 3.60. The van der Waals surface area contributed by atoms with Gasteiger partial charge in [0, 0.05) is 5.56 Å². The predicted octanol–water partition coefficient (Wildman–Crippen LogP) is 4.81. The first-order valence-corrected chi connectivity index (χ1v) is 7.81. The Kier molecular flexibility index (Phi) is 5.21. The second-order valence-electron chi connectivity index (χ2n) is 6.72. The van der Waals surface area contributed by atoms with Gasteiger partial charge in [0.25, 0.3) is 0 Å². The lowest BCUT2D eigenvalue weighted by Gasteiger charge is -2.22. The standard InChI is InChI=1S/C21H21NO2/c1-15-10-11-19(18(12-15)21(2,3)4)24-20(23)17(14-22)13-16-8-6-5-7-9-16/h5-13H,1-4H3/b17-13+. The van der Waals surface area contributed by atoms with Crippen LogP contribution in [-0.4, -0.2) is 5.97 Å². The number of nitriles is 1. The van der Waals surface area contributed by atoms with Gasteiger partial charge in [0.15, 0.2) is 0 Å². The molecule has 24 heavy (non-hydrogen) atoms. The molecule has 2 rings (SSSR count). The van der Waals surface area contributed by atoms with Gasteiger partial charge in [-0.05, 0) is 30.0 Å². The Balaban J connectivity index is 2.33. The summed E-state index contributed by atoms with van der Waals surface area (Å²) < 4.78 is 5.52. The lowest BCUT2D eigenvalue weighted by atomic mass is 9.85. The summed E-state index contributed by atoms with van der Waals surface area (Å²) in [5, 5.41) is 9.29. The van der Waals surface area contributed by atoms with Gasteiger partial charge < -0.3 is 4.74 Å². The Morgan fingerprint density at radius 1 is 1.12 bits per heavy atom. The molecule has 0 radical (unpaired) electrons. The lowest BCUT2D eigenvalue weighted by molar-refractivity contribution is -0.129. The van der Waals surface area contributed by atoms with Gasteiger partial charge in [0.2, 0.25) is 0 Å². The maximum Gasteiger partial charge on any atom is 0.354 e. The summed E-state index contributed by atoms with van der Waals surface area (Å²) in [6.07, 6.45) is 1.54. The largest absolute Gasteiger partial charge is 0.422 e. The molecule has 0 aliphatic rings. The van der Waals surface area contributed by atoms with Crippen molar-refractivity contribution >= 4 is 12.0 Å². The molecule has 0 aliphatic heterocycles. The van der Waals surface area contributed by atoms with Crippen LogP contribution < -0.4 is 4.74 Å². The van der Waals surface area contributed by atoms with Gasteiger partial charge in [-0.15, -0.1) is 0 Å². The van der Waals surface area contributed by atoms with Crippen molar-refractivity contribution in [1.29, 1.82) is 5.26 Å². The summed E-state index contributed by atoms with van der Waals surface area (Å²) >= 11 is 0. The average Bonchev–Trinajstić information content (AvgIpc) is 2.54. The fraction of sp³-hybridized carbons (Fsp3) is 0.238. The fourth-order valence-electron chi connectivity index (χ4n) is 2.33. The molecule has 0 N–H and O–H groups in total. The number of hydrogen-bond acceptors (Lipinski definition) is 3. The zero-order valence-electron chi connectivity index (χ0n) is 14.5. The van der Waals surface area contributed by atoms with Crippen molar-refractivity contribution in [1.82, 2.24) is 0 Å². The molecule has 0 atom stereocenters. The van der Waals surface area contributed by atoms with E-state index >= 15 is 0 Å². The van der Waals surface area contributed by atoms with Crippen LogP contribution in [0.3, 0.4) is 0 Å². The van der Waals surface area contributed by atoms with Crippen molar-refractivity contribution in [2.75, 3.05) is 0 Å². The van der Waals surface area contributed by atoms with Crippen molar-refractivity contribution in [2.24, 2.45) is 0 Å². The van der Waals surface area contributed by atoms with E-state index in [1.54, 1.807) is 6.07 Å². The highest BCUT2D eigenvalue weighted by atomic mass is 16.5. The maximum absolute atomic E-state index is 12.4. The van der Waals surface area contributed by atoms with Crippen LogP contribution in [0.15, 0.2) is 54.1 Å². The molecule has 0 heterocycles. The van der Waals surface area contributed by atoms with E-state index in [0.29, 0.717) is 5.75 Å². The highest BCUT2D eigenvalue weighted by Gasteiger charge is 2.22. The van der Waals surface area contributed by atoms with E-state index in [0.717, 1.165) is 16.7 Å². The van der Waals surface area contributed by atoms with Crippen molar-refractivity contribution in [3.8, 4) is 11.8 Å². The van der Waals surface area contributed by atoms with Crippen LogP contribution in [0, 0.1) is 18.3 Å². The summed E-state index contributed by atoms with van der Waals surface area (Å²) in [4.78, 5) is 12.4. The minimum atomic E-state index is -0.643. The van der Waals surface area contributed by atoms with Gasteiger partial charge in [0.05, 0.1) is 0 Å². The normalized spacial score (nSPS) is 11.7. The van der Waals surface area contributed by atoms with Gasteiger partial charge >= 0.3 is 5.97 Å². The summed E-state index contributed by atoms with van der Waals surface area (Å²) in [5.41, 5.74) is 2.62. The first-order chi connectivity index (χ1) is 11.3. The van der Waals surface area contributed by atoms with E-state index in [9.17, 15) is 10.1 Å². The number of aryl methyl sites for hydroxylation is 1. The third kappa shape index (κ3) is 4.33. The van der Waals surface area contributed by atoms with E-state index in [-0.39, 0.29) is 11.0 Å². The van der Waals surface area contributed by atoms with Crippen LogP contribution in [0.5, 0.6) is 5.75 Å². The van der Waals surface area contributed by atoms with Crippen molar-refractivity contribution in [3.05, 3.63) is 70.8 Å². The van der Waals surface area contributed by atoms with Gasteiger partial charge in [-0.3, -0.25) is 0 Å². The minimum absolute atomic E-state index is 0.0263. The smallest absolute Gasteiger partial charge is 0.354 e. The van der Waals surface area contributed by atoms with E-state index < -0.39 is 5.97 Å². The number of nitrogens with zero attached hydrogens (tertiary/aromatic N) is 1. The van der Waals surface area contributed by atoms with Gasteiger partial charge in [-0.1, -0.05) is 68.8 Å². The second-order valence-corrected chi connectivity index (χ2v) is 6.72. The Hall–Kier alpha value is -2.86. The highest BCUT2D eigenvalue weighted by Crippen LogP contribution is 2.32. The zero-order chi connectivity index (χ0) is 17.7. The molecule has 2 aromatic rings. The van der Waals surface area contributed by atoms with Gasteiger partial charge in [0.1, 0.15) is 17.4 Å². The summed E-state index contributed by atoms with van der Waals surface area (Å²) in [7, 11) is 0. The van der Waals surface area contributed by atoms with E-state index in [4.69, 9.17) is 4.74 Å². The molecule has 0 amide bonds. The number of benzene rings is 2. The molecule has 0 bridgehead atoms. The topological polar surface area (TPSA) is 50.1 Å². The number of ether oxygens (including phenoxy) is 1. The van der Waals surface area contributed by atoms with Crippen molar-refractivity contribution < 1.29 is 9.53 Å². The molecule has 0 aliphatic carbocycles. The maximum atomic E-state index is 12.4. The second kappa shape index (κ2) is 7.14. The molecular formula is C21H21NO2. The van der Waals surface area contributed by atoms with Crippen LogP contribution in [0.1, 0.15) is 37.5 Å². The molecule has 0 saturated carbocycles. The van der Waals surface area contributed by atoms with Crippen LogP contribution in [0.2, 0.25) is 0 Å². The number of esters is 1. The minimum Gasteiger partial charge on any atom is -0.422 e. The van der Waals surface area contributed by atoms with E-state index in [1.165, 1.54) is 6.08 Å². The fourth-order valence-corrected chi connectivity index (χ4v) is 2.33. The summed E-state index contributed by atoms with van der Waals surface area (Å²) in [5.74, 6) is -0.150. The first kappa shape index (κ1) is 17.5. The van der Waals surface area contributed by atoms with E-state index in [2.05, 4.69) is 20.8 Å². The molecule has 0 unspecified atom stereocenters. The Morgan fingerprint density at radius 3 is 2.38 bits per heavy atom. The molecule has 0 aromatic heterocycles. The lowest BCUT2D eigenvalue weighted by Crippen LogP contribution is -2.17. The first-order valence-electron chi connectivity index (χ1n) is 7.81. The molecule has 2 aromatic carbocycles. The number of carbonyl (C=O) groups is 1. The SMILES string of the molecule is Cc1ccc(OC(=O)/C(C#N)=C/c2ccccc2)c(C(C)(C)C)c1. The molecule has 3 heteroatoms. The summed E-state index contributed by atoms with van der Waals surface area (Å²) in [6.45, 7) is 8.18. The number of carbonyl (C=O) groups excluding carboxylic acids is 1. The van der Waals surface area contributed by atoms with Crippen molar-refractivity contribution in [3.63, 3.8) is 0 Å². The highest BCUT2D eigenvalue weighted by molar-refractivity contribution is 5.99. The van der Waals surface area contributed by atoms with Gasteiger partial charge in [-0.2, -0.15) is 5.26 Å².